The highest BCUT2D eigenvalue weighted by Gasteiger charge is 2.16. The molecule has 0 saturated heterocycles. The molecule has 0 N–H and O–H groups in total. The molecule has 0 aromatic heterocycles. The second-order valence-corrected chi connectivity index (χ2v) is 4.08. The maximum Gasteiger partial charge on any atom is 0.136 e. The summed E-state index contributed by atoms with van der Waals surface area (Å²) < 4.78 is 0. The normalized spacial score (nSPS) is 13.3. The summed E-state index contributed by atoms with van der Waals surface area (Å²) in [4.78, 5) is 11.7. The van der Waals surface area contributed by atoms with E-state index in [0.29, 0.717) is 17.6 Å². The number of ketones is 1. The highest BCUT2D eigenvalue weighted by molar-refractivity contribution is 5.81. The van der Waals surface area contributed by atoms with E-state index in [0.717, 1.165) is 19.3 Å². The van der Waals surface area contributed by atoms with Crippen molar-refractivity contribution in [2.75, 3.05) is 0 Å². The van der Waals surface area contributed by atoms with Crippen molar-refractivity contribution in [3.63, 3.8) is 0 Å². The van der Waals surface area contributed by atoms with E-state index in [1.54, 1.807) is 0 Å². The molecule has 0 bridgehead atoms. The van der Waals surface area contributed by atoms with Gasteiger partial charge in [-0.2, -0.15) is 0 Å². The topological polar surface area (TPSA) is 17.1 Å². The quantitative estimate of drug-likeness (QED) is 0.588. The van der Waals surface area contributed by atoms with Gasteiger partial charge in [0.25, 0.3) is 0 Å². The third-order valence-corrected chi connectivity index (χ3v) is 2.77. The van der Waals surface area contributed by atoms with Gasteiger partial charge in [0.1, 0.15) is 5.78 Å². The van der Waals surface area contributed by atoms with E-state index in [2.05, 4.69) is 27.7 Å². The van der Waals surface area contributed by atoms with E-state index >= 15 is 0 Å². The van der Waals surface area contributed by atoms with Gasteiger partial charge in [0.05, 0.1) is 0 Å². The van der Waals surface area contributed by atoms with Gasteiger partial charge in [0.15, 0.2) is 0 Å². The van der Waals surface area contributed by atoms with Crippen LogP contribution in [0.5, 0.6) is 0 Å². The average molecular weight is 184 g/mol. The molecule has 0 amide bonds. The molecule has 0 aliphatic carbocycles. The summed E-state index contributed by atoms with van der Waals surface area (Å²) in [7, 11) is 0. The fourth-order valence-electron chi connectivity index (χ4n) is 1.85. The van der Waals surface area contributed by atoms with E-state index in [-0.39, 0.29) is 0 Å². The summed E-state index contributed by atoms with van der Waals surface area (Å²) in [6.07, 6.45) is 5.19. The zero-order chi connectivity index (χ0) is 10.3. The number of hydrogen-bond donors (Lipinski definition) is 0. The van der Waals surface area contributed by atoms with Crippen LogP contribution in [0.15, 0.2) is 0 Å². The van der Waals surface area contributed by atoms with E-state index in [9.17, 15) is 4.79 Å². The Bertz CT molecular complexity index is 136. The van der Waals surface area contributed by atoms with Crippen molar-refractivity contribution >= 4 is 5.78 Å². The third-order valence-electron chi connectivity index (χ3n) is 2.77. The minimum Gasteiger partial charge on any atom is -0.299 e. The number of hydrogen-bond acceptors (Lipinski definition) is 1. The van der Waals surface area contributed by atoms with Gasteiger partial charge in [-0.1, -0.05) is 40.5 Å². The lowest BCUT2D eigenvalue weighted by atomic mass is 9.90. The second-order valence-electron chi connectivity index (χ2n) is 4.08. The Balaban J connectivity index is 3.83. The highest BCUT2D eigenvalue weighted by Crippen LogP contribution is 2.17. The maximum atomic E-state index is 11.7. The van der Waals surface area contributed by atoms with Crippen LogP contribution in [-0.2, 0) is 4.79 Å². The molecule has 0 aliphatic rings. The van der Waals surface area contributed by atoms with Gasteiger partial charge in [0.2, 0.25) is 0 Å². The Morgan fingerprint density at radius 1 is 1.15 bits per heavy atom. The van der Waals surface area contributed by atoms with Gasteiger partial charge in [-0.05, 0) is 18.8 Å². The zero-order valence-corrected chi connectivity index (χ0v) is 9.60. The summed E-state index contributed by atoms with van der Waals surface area (Å²) in [5, 5.41) is 0. The second kappa shape index (κ2) is 7.11. The molecule has 1 atom stereocenters. The Kier molecular flexibility index (Phi) is 6.93. The minimum absolute atomic E-state index is 0.319. The lowest BCUT2D eigenvalue weighted by Gasteiger charge is -2.14. The van der Waals surface area contributed by atoms with Crippen LogP contribution in [0.3, 0.4) is 0 Å². The molecule has 0 aromatic carbocycles. The highest BCUT2D eigenvalue weighted by atomic mass is 16.1. The van der Waals surface area contributed by atoms with Crippen LogP contribution in [0, 0.1) is 11.8 Å². The van der Waals surface area contributed by atoms with Gasteiger partial charge in [-0.3, -0.25) is 4.79 Å². The SMILES string of the molecule is CCCC(C)CC(=O)C(CC)CC. The molecule has 1 heteroatoms. The Morgan fingerprint density at radius 2 is 1.69 bits per heavy atom. The maximum absolute atomic E-state index is 11.7. The third kappa shape index (κ3) is 5.07. The first-order chi connectivity index (χ1) is 6.15. The molecule has 13 heavy (non-hydrogen) atoms. The van der Waals surface area contributed by atoms with E-state index in [1.165, 1.54) is 12.8 Å². The Labute approximate surface area is 82.9 Å². The van der Waals surface area contributed by atoms with Gasteiger partial charge < -0.3 is 0 Å². The molecule has 0 aliphatic heterocycles. The summed E-state index contributed by atoms with van der Waals surface area (Å²) in [6.45, 7) is 8.58. The molecule has 0 fully saturated rings. The molecular formula is C12H24O. The lowest BCUT2D eigenvalue weighted by molar-refractivity contribution is -0.123. The summed E-state index contributed by atoms with van der Waals surface area (Å²) in [5.41, 5.74) is 0. The fourth-order valence-corrected chi connectivity index (χ4v) is 1.85. The molecule has 0 spiro atoms. The minimum atomic E-state index is 0.319. The van der Waals surface area contributed by atoms with Crippen molar-refractivity contribution in [3.8, 4) is 0 Å². The molecule has 1 nitrogen and oxygen atoms in total. The van der Waals surface area contributed by atoms with E-state index < -0.39 is 0 Å². The summed E-state index contributed by atoms with van der Waals surface area (Å²) in [5.74, 6) is 1.38. The Hall–Kier alpha value is -0.330. The van der Waals surface area contributed by atoms with Gasteiger partial charge in [-0.15, -0.1) is 0 Å². The fraction of sp³-hybridized carbons (Fsp3) is 0.917. The predicted molar refractivity (Wildman–Crippen MR) is 57.8 cm³/mol. The largest absolute Gasteiger partial charge is 0.299 e. The van der Waals surface area contributed by atoms with Crippen molar-refractivity contribution in [1.82, 2.24) is 0 Å². The Morgan fingerprint density at radius 3 is 2.08 bits per heavy atom. The van der Waals surface area contributed by atoms with Crippen molar-refractivity contribution in [2.45, 2.75) is 59.8 Å². The van der Waals surface area contributed by atoms with Crippen LogP contribution < -0.4 is 0 Å². The summed E-state index contributed by atoms with van der Waals surface area (Å²) >= 11 is 0. The first-order valence-corrected chi connectivity index (χ1v) is 5.68. The number of carbonyl (C=O) groups is 1. The van der Waals surface area contributed by atoms with Gasteiger partial charge in [0, 0.05) is 12.3 Å². The first-order valence-electron chi connectivity index (χ1n) is 5.68. The van der Waals surface area contributed by atoms with Crippen LogP contribution in [0.2, 0.25) is 0 Å². The van der Waals surface area contributed by atoms with Crippen molar-refractivity contribution in [1.29, 1.82) is 0 Å². The van der Waals surface area contributed by atoms with Gasteiger partial charge in [-0.25, -0.2) is 0 Å². The van der Waals surface area contributed by atoms with Crippen LogP contribution in [0.25, 0.3) is 0 Å². The number of Topliss-reactive ketones (excluding diaryl/α,β-unsaturated/α-hetero) is 1. The first kappa shape index (κ1) is 12.7. The van der Waals surface area contributed by atoms with Gasteiger partial charge >= 0.3 is 0 Å². The average Bonchev–Trinajstić information content (AvgIpc) is 2.06. The molecule has 0 heterocycles. The molecule has 0 saturated carbocycles. The van der Waals surface area contributed by atoms with Crippen molar-refractivity contribution < 1.29 is 4.79 Å². The van der Waals surface area contributed by atoms with Crippen LogP contribution in [-0.4, -0.2) is 5.78 Å². The predicted octanol–water partition coefficient (Wildman–Crippen LogP) is 3.82. The van der Waals surface area contributed by atoms with E-state index in [4.69, 9.17) is 0 Å². The van der Waals surface area contributed by atoms with Crippen molar-refractivity contribution in [3.05, 3.63) is 0 Å². The number of carbonyl (C=O) groups excluding carboxylic acids is 1. The summed E-state index contributed by atoms with van der Waals surface area (Å²) in [6, 6.07) is 0. The molecule has 0 rings (SSSR count). The van der Waals surface area contributed by atoms with Crippen LogP contribution in [0.1, 0.15) is 59.8 Å². The molecule has 1 unspecified atom stereocenters. The smallest absolute Gasteiger partial charge is 0.136 e. The molecule has 0 aromatic rings. The zero-order valence-electron chi connectivity index (χ0n) is 9.60. The van der Waals surface area contributed by atoms with E-state index in [1.807, 2.05) is 0 Å². The standard InChI is InChI=1S/C12H24O/c1-5-8-10(4)9-12(13)11(6-2)7-3/h10-11H,5-9H2,1-4H3. The lowest BCUT2D eigenvalue weighted by Crippen LogP contribution is -2.15. The molecule has 0 radical (unpaired) electrons. The van der Waals surface area contributed by atoms with Crippen LogP contribution >= 0.6 is 0 Å². The molecule has 78 valence electrons. The number of rotatable bonds is 7. The van der Waals surface area contributed by atoms with Crippen molar-refractivity contribution in [2.24, 2.45) is 11.8 Å². The van der Waals surface area contributed by atoms with Crippen LogP contribution in [0.4, 0.5) is 0 Å². The monoisotopic (exact) mass is 184 g/mol. The molecular weight excluding hydrogens is 160 g/mol.